The van der Waals surface area contributed by atoms with Crippen LogP contribution in [-0.4, -0.2) is 23.1 Å². The highest BCUT2D eigenvalue weighted by atomic mass is 19.4. The number of benzene rings is 1. The first-order chi connectivity index (χ1) is 11.4. The third-order valence-electron chi connectivity index (χ3n) is 3.43. The molecule has 0 unspecified atom stereocenters. The van der Waals surface area contributed by atoms with Crippen molar-refractivity contribution in [3.8, 4) is 0 Å². The van der Waals surface area contributed by atoms with Gasteiger partial charge >= 0.3 is 6.18 Å². The minimum atomic E-state index is -4.37. The highest BCUT2D eigenvalue weighted by Crippen LogP contribution is 2.31. The first-order valence-corrected chi connectivity index (χ1v) is 7.95. The first-order valence-electron chi connectivity index (χ1n) is 7.95. The van der Waals surface area contributed by atoms with Gasteiger partial charge in [-0.05, 0) is 31.0 Å². The molecule has 0 saturated carbocycles. The zero-order valence-electron chi connectivity index (χ0n) is 13.8. The van der Waals surface area contributed by atoms with Crippen molar-refractivity contribution >= 4 is 17.3 Å². The highest BCUT2D eigenvalue weighted by Gasteiger charge is 2.30. The van der Waals surface area contributed by atoms with Gasteiger partial charge in [-0.25, -0.2) is 9.97 Å². The van der Waals surface area contributed by atoms with Crippen molar-refractivity contribution in [3.63, 3.8) is 0 Å². The van der Waals surface area contributed by atoms with E-state index in [4.69, 9.17) is 0 Å². The number of aromatic nitrogens is 2. The lowest BCUT2D eigenvalue weighted by Crippen LogP contribution is -2.25. The van der Waals surface area contributed by atoms with Crippen molar-refractivity contribution in [2.45, 2.75) is 32.9 Å². The number of nitrogens with one attached hydrogen (secondary N) is 1. The quantitative estimate of drug-likeness (QED) is 0.782. The lowest BCUT2D eigenvalue weighted by molar-refractivity contribution is -0.137. The molecule has 4 nitrogen and oxygen atoms in total. The largest absolute Gasteiger partial charge is 0.416 e. The summed E-state index contributed by atoms with van der Waals surface area (Å²) in [5, 5.41) is 2.92. The molecule has 2 rings (SSSR count). The van der Waals surface area contributed by atoms with Crippen molar-refractivity contribution in [2.75, 3.05) is 23.3 Å². The molecule has 0 saturated heterocycles. The molecule has 0 aliphatic heterocycles. The van der Waals surface area contributed by atoms with E-state index in [2.05, 4.69) is 34.0 Å². The van der Waals surface area contributed by atoms with Gasteiger partial charge in [0.15, 0.2) is 0 Å². The van der Waals surface area contributed by atoms with Crippen molar-refractivity contribution in [3.05, 3.63) is 42.2 Å². The fourth-order valence-electron chi connectivity index (χ4n) is 2.39. The smallest absolute Gasteiger partial charge is 0.356 e. The molecule has 0 amide bonds. The summed E-state index contributed by atoms with van der Waals surface area (Å²) in [6, 6.07) is 6.81. The maximum absolute atomic E-state index is 12.8. The number of halogens is 3. The number of hydrogen-bond donors (Lipinski definition) is 1. The summed E-state index contributed by atoms with van der Waals surface area (Å²) in [6.45, 7) is 5.92. The molecular weight excluding hydrogens is 317 g/mol. The van der Waals surface area contributed by atoms with Crippen LogP contribution in [0, 0.1) is 0 Å². The molecule has 2 aromatic rings. The topological polar surface area (TPSA) is 41.0 Å². The van der Waals surface area contributed by atoms with Crippen molar-refractivity contribution in [2.24, 2.45) is 0 Å². The highest BCUT2D eigenvalue weighted by molar-refractivity contribution is 5.60. The van der Waals surface area contributed by atoms with Gasteiger partial charge in [-0.15, -0.1) is 0 Å². The van der Waals surface area contributed by atoms with Gasteiger partial charge in [-0.1, -0.05) is 19.9 Å². The molecule has 0 atom stereocenters. The average Bonchev–Trinajstić information content (AvgIpc) is 2.54. The van der Waals surface area contributed by atoms with Gasteiger partial charge in [-0.3, -0.25) is 0 Å². The number of rotatable bonds is 7. The molecule has 7 heteroatoms. The third-order valence-corrected chi connectivity index (χ3v) is 3.43. The zero-order chi connectivity index (χ0) is 17.6. The Bertz CT molecular complexity index is 652. The Balaban J connectivity index is 2.20. The van der Waals surface area contributed by atoms with Crippen molar-refractivity contribution < 1.29 is 13.2 Å². The van der Waals surface area contributed by atoms with E-state index in [0.29, 0.717) is 11.5 Å². The predicted molar refractivity (Wildman–Crippen MR) is 89.6 cm³/mol. The van der Waals surface area contributed by atoms with Crippen LogP contribution in [-0.2, 0) is 6.18 Å². The van der Waals surface area contributed by atoms with E-state index in [1.807, 2.05) is 0 Å². The van der Waals surface area contributed by atoms with Gasteiger partial charge in [0.2, 0.25) is 0 Å². The van der Waals surface area contributed by atoms with E-state index in [-0.39, 0.29) is 0 Å². The molecule has 0 spiro atoms. The minimum absolute atomic E-state index is 0.340. The second-order valence-corrected chi connectivity index (χ2v) is 5.45. The molecule has 0 aliphatic rings. The monoisotopic (exact) mass is 338 g/mol. The van der Waals surface area contributed by atoms with E-state index >= 15 is 0 Å². The Morgan fingerprint density at radius 3 is 2.38 bits per heavy atom. The van der Waals surface area contributed by atoms with Crippen LogP contribution < -0.4 is 10.2 Å². The normalized spacial score (nSPS) is 11.4. The Kier molecular flexibility index (Phi) is 6.00. The van der Waals surface area contributed by atoms with E-state index < -0.39 is 11.7 Å². The molecule has 1 N–H and O–H groups in total. The number of nitrogens with zero attached hydrogens (tertiary/aromatic N) is 3. The Labute approximate surface area is 139 Å². The summed E-state index contributed by atoms with van der Waals surface area (Å²) >= 11 is 0. The third kappa shape index (κ3) is 4.84. The van der Waals surface area contributed by atoms with Crippen LogP contribution in [0.1, 0.15) is 32.3 Å². The molecule has 0 bridgehead atoms. The van der Waals surface area contributed by atoms with Crippen molar-refractivity contribution in [1.82, 2.24) is 9.97 Å². The number of hydrogen-bond acceptors (Lipinski definition) is 4. The standard InChI is InChI=1S/C17H21F3N4/c1-3-8-24(9-4-2)16-11-15(21-12-22-16)23-14-7-5-6-13(10-14)17(18,19)20/h5-7,10-12H,3-4,8-9H2,1-2H3,(H,21,22,23). The predicted octanol–water partition coefficient (Wildman–Crippen LogP) is 4.87. The Hall–Kier alpha value is -2.31. The Morgan fingerprint density at radius 1 is 1.04 bits per heavy atom. The SMILES string of the molecule is CCCN(CCC)c1cc(Nc2cccc(C(F)(F)F)c2)ncn1. The molecule has 0 radical (unpaired) electrons. The van der Waals surface area contributed by atoms with E-state index in [1.165, 1.54) is 12.4 Å². The maximum Gasteiger partial charge on any atom is 0.416 e. The second-order valence-electron chi connectivity index (χ2n) is 5.45. The minimum Gasteiger partial charge on any atom is -0.356 e. The van der Waals surface area contributed by atoms with Crippen molar-refractivity contribution in [1.29, 1.82) is 0 Å². The van der Waals surface area contributed by atoms with Crippen LogP contribution in [0.3, 0.4) is 0 Å². The maximum atomic E-state index is 12.8. The molecule has 0 aliphatic carbocycles. The lowest BCUT2D eigenvalue weighted by atomic mass is 10.2. The van der Waals surface area contributed by atoms with Crippen LogP contribution in [0.15, 0.2) is 36.7 Å². The van der Waals surface area contributed by atoms with E-state index in [0.717, 1.165) is 43.9 Å². The van der Waals surface area contributed by atoms with Crippen LogP contribution in [0.2, 0.25) is 0 Å². The van der Waals surface area contributed by atoms with Gasteiger partial charge in [0.25, 0.3) is 0 Å². The van der Waals surface area contributed by atoms with Crippen LogP contribution >= 0.6 is 0 Å². The summed E-state index contributed by atoms with van der Waals surface area (Å²) in [4.78, 5) is 10.5. The fourth-order valence-corrected chi connectivity index (χ4v) is 2.39. The van der Waals surface area contributed by atoms with Gasteiger partial charge in [0, 0.05) is 24.8 Å². The van der Waals surface area contributed by atoms with Gasteiger partial charge < -0.3 is 10.2 Å². The summed E-state index contributed by atoms with van der Waals surface area (Å²) in [6.07, 6.45) is -0.974. The van der Waals surface area contributed by atoms with Gasteiger partial charge in [0.1, 0.15) is 18.0 Å². The first kappa shape index (κ1) is 18.0. The fraction of sp³-hybridized carbons (Fsp3) is 0.412. The zero-order valence-corrected chi connectivity index (χ0v) is 13.8. The molecule has 1 heterocycles. The molecule has 130 valence electrons. The molecule has 1 aromatic carbocycles. The molecule has 0 fully saturated rings. The van der Waals surface area contributed by atoms with Crippen LogP contribution in [0.5, 0.6) is 0 Å². The summed E-state index contributed by atoms with van der Waals surface area (Å²) in [5.41, 5.74) is -0.354. The molecule has 24 heavy (non-hydrogen) atoms. The average molecular weight is 338 g/mol. The number of anilines is 3. The summed E-state index contributed by atoms with van der Waals surface area (Å²) in [7, 11) is 0. The van der Waals surface area contributed by atoms with Gasteiger partial charge in [0.05, 0.1) is 5.56 Å². The van der Waals surface area contributed by atoms with Crippen LogP contribution in [0.4, 0.5) is 30.5 Å². The lowest BCUT2D eigenvalue weighted by Gasteiger charge is -2.22. The van der Waals surface area contributed by atoms with E-state index in [9.17, 15) is 13.2 Å². The van der Waals surface area contributed by atoms with Crippen LogP contribution in [0.25, 0.3) is 0 Å². The Morgan fingerprint density at radius 2 is 1.75 bits per heavy atom. The summed E-state index contributed by atoms with van der Waals surface area (Å²) in [5.74, 6) is 1.24. The summed E-state index contributed by atoms with van der Waals surface area (Å²) < 4.78 is 38.4. The number of alkyl halides is 3. The van der Waals surface area contributed by atoms with Gasteiger partial charge in [-0.2, -0.15) is 13.2 Å². The second kappa shape index (κ2) is 7.99. The molecular formula is C17H21F3N4. The van der Waals surface area contributed by atoms with E-state index in [1.54, 1.807) is 12.1 Å². The molecule has 1 aromatic heterocycles.